The van der Waals surface area contributed by atoms with E-state index in [1.54, 1.807) is 0 Å². The average Bonchev–Trinajstić information content (AvgIpc) is 2.68. The topological polar surface area (TPSA) is 52.7 Å². The van der Waals surface area contributed by atoms with Gasteiger partial charge < -0.3 is 15.7 Å². The molecule has 4 rings (SSSR count). The number of halogens is 1. The number of hydrogen-bond acceptors (Lipinski definition) is 4. The third kappa shape index (κ3) is 3.50. The molecule has 0 radical (unpaired) electrons. The molecule has 1 saturated heterocycles. The SMILES string of the molecule is NCc1ccccc1N1CCN(C2Cc3c(I)cccc3CC2O)CC1. The van der Waals surface area contributed by atoms with Crippen molar-refractivity contribution in [2.45, 2.75) is 31.5 Å². The molecule has 4 nitrogen and oxygen atoms in total. The van der Waals surface area contributed by atoms with Gasteiger partial charge in [-0.2, -0.15) is 0 Å². The number of hydrogen-bond donors (Lipinski definition) is 2. The summed E-state index contributed by atoms with van der Waals surface area (Å²) in [6, 6.07) is 15.1. The number of fused-ring (bicyclic) bond motifs is 1. The Hall–Kier alpha value is -1.15. The van der Waals surface area contributed by atoms with Gasteiger partial charge in [-0.15, -0.1) is 0 Å². The summed E-state index contributed by atoms with van der Waals surface area (Å²) in [5, 5.41) is 10.7. The fourth-order valence-corrected chi connectivity index (χ4v) is 5.16. The first-order chi connectivity index (χ1) is 12.7. The summed E-state index contributed by atoms with van der Waals surface area (Å²) in [5.74, 6) is 0. The molecule has 0 aromatic heterocycles. The number of para-hydroxylation sites is 1. The van der Waals surface area contributed by atoms with Gasteiger partial charge in [-0.25, -0.2) is 0 Å². The minimum atomic E-state index is -0.274. The van der Waals surface area contributed by atoms with Gasteiger partial charge in [-0.3, -0.25) is 4.90 Å². The van der Waals surface area contributed by atoms with Crippen molar-refractivity contribution < 1.29 is 5.11 Å². The van der Waals surface area contributed by atoms with Crippen molar-refractivity contribution in [3.05, 3.63) is 62.7 Å². The molecular weight excluding hydrogens is 437 g/mol. The smallest absolute Gasteiger partial charge is 0.0739 e. The molecule has 0 bridgehead atoms. The third-order valence-corrected chi connectivity index (χ3v) is 6.85. The molecule has 0 spiro atoms. The highest BCUT2D eigenvalue weighted by atomic mass is 127. The van der Waals surface area contributed by atoms with Crippen molar-refractivity contribution in [2.75, 3.05) is 31.1 Å². The maximum Gasteiger partial charge on any atom is 0.0739 e. The lowest BCUT2D eigenvalue weighted by Crippen LogP contribution is -2.56. The zero-order chi connectivity index (χ0) is 18.1. The van der Waals surface area contributed by atoms with Crippen molar-refractivity contribution in [3.8, 4) is 0 Å². The van der Waals surface area contributed by atoms with Crippen LogP contribution in [0.5, 0.6) is 0 Å². The Morgan fingerprint density at radius 1 is 1.00 bits per heavy atom. The lowest BCUT2D eigenvalue weighted by molar-refractivity contribution is 0.0393. The van der Waals surface area contributed by atoms with Gasteiger partial charge in [0.2, 0.25) is 0 Å². The van der Waals surface area contributed by atoms with Crippen LogP contribution in [-0.4, -0.2) is 48.3 Å². The van der Waals surface area contributed by atoms with Gasteiger partial charge in [-0.05, 0) is 57.8 Å². The minimum Gasteiger partial charge on any atom is -0.391 e. The van der Waals surface area contributed by atoms with Gasteiger partial charge in [0.05, 0.1) is 6.10 Å². The Balaban J connectivity index is 1.46. The molecule has 2 aromatic carbocycles. The quantitative estimate of drug-likeness (QED) is 0.687. The predicted octanol–water partition coefficient (Wildman–Crippen LogP) is 2.40. The lowest BCUT2D eigenvalue weighted by atomic mass is 9.85. The number of aliphatic hydroxyl groups is 1. The maximum absolute atomic E-state index is 10.7. The highest BCUT2D eigenvalue weighted by molar-refractivity contribution is 14.1. The van der Waals surface area contributed by atoms with E-state index >= 15 is 0 Å². The normalized spacial score (nSPS) is 23.7. The van der Waals surface area contributed by atoms with Gasteiger partial charge in [0.25, 0.3) is 0 Å². The van der Waals surface area contributed by atoms with Crippen molar-refractivity contribution >= 4 is 28.3 Å². The molecule has 2 aliphatic rings. The first-order valence-corrected chi connectivity index (χ1v) is 10.5. The van der Waals surface area contributed by atoms with E-state index in [0.717, 1.165) is 39.0 Å². The molecular formula is C21H26IN3O. The number of nitrogens with zero attached hydrogens (tertiary/aromatic N) is 2. The van der Waals surface area contributed by atoms with Crippen molar-refractivity contribution in [1.29, 1.82) is 0 Å². The summed E-state index contributed by atoms with van der Waals surface area (Å²) in [4.78, 5) is 4.92. The third-order valence-electron chi connectivity index (χ3n) is 5.84. The van der Waals surface area contributed by atoms with Crippen LogP contribution in [0.2, 0.25) is 0 Å². The summed E-state index contributed by atoms with van der Waals surface area (Å²) in [6.07, 6.45) is 1.45. The molecule has 2 aromatic rings. The predicted molar refractivity (Wildman–Crippen MR) is 114 cm³/mol. The van der Waals surface area contributed by atoms with Crippen LogP contribution in [0, 0.1) is 3.57 Å². The largest absolute Gasteiger partial charge is 0.391 e. The Labute approximate surface area is 169 Å². The van der Waals surface area contributed by atoms with Gasteiger partial charge in [-0.1, -0.05) is 30.3 Å². The van der Waals surface area contributed by atoms with E-state index in [9.17, 15) is 5.11 Å². The molecule has 0 saturated carbocycles. The van der Waals surface area contributed by atoms with Gasteiger partial charge in [0.1, 0.15) is 0 Å². The number of rotatable bonds is 3. The molecule has 1 aliphatic heterocycles. The number of piperazine rings is 1. The highest BCUT2D eigenvalue weighted by Crippen LogP contribution is 2.30. The van der Waals surface area contributed by atoms with Gasteiger partial charge >= 0.3 is 0 Å². The van der Waals surface area contributed by atoms with Gasteiger partial charge in [0.15, 0.2) is 0 Å². The summed E-state index contributed by atoms with van der Waals surface area (Å²) in [6.45, 7) is 4.52. The second-order valence-electron chi connectivity index (χ2n) is 7.28. The number of aliphatic hydroxyl groups excluding tert-OH is 1. The Bertz CT molecular complexity index is 774. The van der Waals surface area contributed by atoms with E-state index in [2.05, 4.69) is 74.9 Å². The van der Waals surface area contributed by atoms with E-state index < -0.39 is 0 Å². The van der Waals surface area contributed by atoms with Gasteiger partial charge in [0, 0.05) is 54.4 Å². The zero-order valence-electron chi connectivity index (χ0n) is 14.9. The van der Waals surface area contributed by atoms with Crippen LogP contribution in [0.3, 0.4) is 0 Å². The maximum atomic E-state index is 10.7. The molecule has 0 amide bonds. The molecule has 138 valence electrons. The summed E-state index contributed by atoms with van der Waals surface area (Å²) in [5.41, 5.74) is 11.1. The fourth-order valence-electron chi connectivity index (χ4n) is 4.39. The Morgan fingerprint density at radius 2 is 1.77 bits per heavy atom. The second-order valence-corrected chi connectivity index (χ2v) is 8.44. The number of anilines is 1. The Kier molecular flexibility index (Phi) is 5.50. The van der Waals surface area contributed by atoms with Crippen molar-refractivity contribution in [2.24, 2.45) is 5.73 Å². The standard InChI is InChI=1S/C21H26IN3O/c22-18-6-3-5-15-12-21(26)20(13-17(15)18)25-10-8-24(9-11-25)19-7-2-1-4-16(19)14-23/h1-7,20-21,26H,8-14,23H2. The van der Waals surface area contributed by atoms with Crippen LogP contribution in [0.15, 0.2) is 42.5 Å². The summed E-state index contributed by atoms with van der Waals surface area (Å²) in [7, 11) is 0. The van der Waals surface area contributed by atoms with Crippen LogP contribution in [0.4, 0.5) is 5.69 Å². The summed E-state index contributed by atoms with van der Waals surface area (Å²) < 4.78 is 1.33. The number of nitrogens with two attached hydrogens (primary N) is 1. The Morgan fingerprint density at radius 3 is 2.54 bits per heavy atom. The van der Waals surface area contributed by atoms with E-state index in [1.807, 2.05) is 0 Å². The van der Waals surface area contributed by atoms with E-state index in [1.165, 1.54) is 25.9 Å². The molecule has 1 heterocycles. The van der Waals surface area contributed by atoms with E-state index in [4.69, 9.17) is 5.73 Å². The van der Waals surface area contributed by atoms with Crippen molar-refractivity contribution in [1.82, 2.24) is 4.90 Å². The molecule has 5 heteroatoms. The van der Waals surface area contributed by atoms with Crippen LogP contribution in [-0.2, 0) is 19.4 Å². The second kappa shape index (κ2) is 7.84. The van der Waals surface area contributed by atoms with E-state index in [0.29, 0.717) is 6.54 Å². The molecule has 1 fully saturated rings. The average molecular weight is 463 g/mol. The van der Waals surface area contributed by atoms with Crippen molar-refractivity contribution in [3.63, 3.8) is 0 Å². The highest BCUT2D eigenvalue weighted by Gasteiger charge is 2.34. The zero-order valence-corrected chi connectivity index (χ0v) is 17.1. The van der Waals surface area contributed by atoms with Crippen LogP contribution >= 0.6 is 22.6 Å². The molecule has 3 N–H and O–H groups in total. The lowest BCUT2D eigenvalue weighted by Gasteiger charge is -2.44. The molecule has 1 aliphatic carbocycles. The van der Waals surface area contributed by atoms with Crippen LogP contribution in [0.25, 0.3) is 0 Å². The first kappa shape index (κ1) is 18.2. The monoisotopic (exact) mass is 463 g/mol. The fraction of sp³-hybridized carbons (Fsp3) is 0.429. The first-order valence-electron chi connectivity index (χ1n) is 9.38. The molecule has 2 unspecified atom stereocenters. The van der Waals surface area contributed by atoms with Crippen LogP contribution in [0.1, 0.15) is 16.7 Å². The minimum absolute atomic E-state index is 0.227. The summed E-state index contributed by atoms with van der Waals surface area (Å²) >= 11 is 2.43. The van der Waals surface area contributed by atoms with E-state index in [-0.39, 0.29) is 12.1 Å². The van der Waals surface area contributed by atoms with Crippen LogP contribution < -0.4 is 10.6 Å². The molecule has 2 atom stereocenters. The number of benzene rings is 2. The molecule has 26 heavy (non-hydrogen) atoms.